The summed E-state index contributed by atoms with van der Waals surface area (Å²) in [5.74, 6) is 0.726. The van der Waals surface area contributed by atoms with E-state index in [2.05, 4.69) is 17.2 Å². The Morgan fingerprint density at radius 2 is 2.33 bits per heavy atom. The molecule has 1 fully saturated rings. The summed E-state index contributed by atoms with van der Waals surface area (Å²) >= 11 is 0. The summed E-state index contributed by atoms with van der Waals surface area (Å²) in [6.45, 7) is 6.83. The molecular formula is C14H21N3O. The van der Waals surface area contributed by atoms with E-state index in [0.717, 1.165) is 38.2 Å². The van der Waals surface area contributed by atoms with Crippen LogP contribution < -0.4 is 5.32 Å². The molecule has 0 radical (unpaired) electrons. The van der Waals surface area contributed by atoms with E-state index in [1.165, 1.54) is 0 Å². The van der Waals surface area contributed by atoms with Gasteiger partial charge in [-0.15, -0.1) is 0 Å². The highest BCUT2D eigenvalue weighted by atomic mass is 16.2. The van der Waals surface area contributed by atoms with Crippen LogP contribution in [0.15, 0.2) is 18.3 Å². The van der Waals surface area contributed by atoms with Crippen molar-refractivity contribution in [3.05, 3.63) is 24.0 Å². The van der Waals surface area contributed by atoms with Gasteiger partial charge in [0.15, 0.2) is 0 Å². The highest BCUT2D eigenvalue weighted by molar-refractivity contribution is 5.92. The van der Waals surface area contributed by atoms with Crippen molar-refractivity contribution >= 4 is 11.6 Å². The number of hydrogen-bond donors (Lipinski definition) is 1. The Morgan fingerprint density at radius 3 is 2.89 bits per heavy atom. The van der Waals surface area contributed by atoms with Crippen molar-refractivity contribution in [2.75, 3.05) is 25.0 Å². The molecule has 4 nitrogen and oxygen atoms in total. The summed E-state index contributed by atoms with van der Waals surface area (Å²) in [6.07, 6.45) is 4.00. The predicted molar refractivity (Wildman–Crippen MR) is 72.7 cm³/mol. The molecule has 1 N–H and O–H groups in total. The second-order valence-corrected chi connectivity index (χ2v) is 4.78. The third kappa shape index (κ3) is 2.81. The molecule has 0 aromatic carbocycles. The quantitative estimate of drug-likeness (QED) is 0.888. The molecule has 2 rings (SSSR count). The van der Waals surface area contributed by atoms with Gasteiger partial charge in [0.1, 0.15) is 5.69 Å². The van der Waals surface area contributed by atoms with E-state index in [-0.39, 0.29) is 5.91 Å². The Bertz CT molecular complexity index is 402. The van der Waals surface area contributed by atoms with Crippen molar-refractivity contribution in [1.29, 1.82) is 0 Å². The summed E-state index contributed by atoms with van der Waals surface area (Å²) < 4.78 is 0. The highest BCUT2D eigenvalue weighted by Crippen LogP contribution is 2.20. The first-order valence-electron chi connectivity index (χ1n) is 6.73. The third-order valence-corrected chi connectivity index (χ3v) is 3.51. The van der Waals surface area contributed by atoms with Gasteiger partial charge in [-0.1, -0.05) is 13.3 Å². The van der Waals surface area contributed by atoms with Gasteiger partial charge in [-0.2, -0.15) is 0 Å². The monoisotopic (exact) mass is 247 g/mol. The molecule has 1 unspecified atom stereocenters. The predicted octanol–water partition coefficient (Wildman–Crippen LogP) is 2.39. The first-order chi connectivity index (χ1) is 8.74. The van der Waals surface area contributed by atoms with E-state index in [4.69, 9.17) is 0 Å². The number of anilines is 1. The van der Waals surface area contributed by atoms with Gasteiger partial charge in [0.05, 0.1) is 11.9 Å². The smallest absolute Gasteiger partial charge is 0.272 e. The second kappa shape index (κ2) is 5.85. The zero-order valence-corrected chi connectivity index (χ0v) is 11.1. The van der Waals surface area contributed by atoms with E-state index >= 15 is 0 Å². The standard InChI is InChI=1S/C14H21N3O/c1-3-11-7-8-17(10-11)14(18)13-6-5-12(9-16-13)15-4-2/h5-6,9,11,15H,3-4,7-8,10H2,1-2H3. The van der Waals surface area contributed by atoms with E-state index in [0.29, 0.717) is 11.6 Å². The number of pyridine rings is 1. The van der Waals surface area contributed by atoms with Crippen molar-refractivity contribution < 1.29 is 4.79 Å². The number of aromatic nitrogens is 1. The van der Waals surface area contributed by atoms with Gasteiger partial charge in [0.25, 0.3) is 5.91 Å². The Hall–Kier alpha value is -1.58. The van der Waals surface area contributed by atoms with Gasteiger partial charge in [-0.3, -0.25) is 4.79 Å². The number of hydrogen-bond acceptors (Lipinski definition) is 3. The van der Waals surface area contributed by atoms with Crippen LogP contribution in [-0.4, -0.2) is 35.4 Å². The molecule has 1 aliphatic rings. The number of likely N-dealkylation sites (tertiary alicyclic amines) is 1. The zero-order chi connectivity index (χ0) is 13.0. The molecule has 1 saturated heterocycles. The average molecular weight is 247 g/mol. The average Bonchev–Trinajstić information content (AvgIpc) is 2.88. The Morgan fingerprint density at radius 1 is 1.50 bits per heavy atom. The minimum atomic E-state index is 0.0639. The lowest BCUT2D eigenvalue weighted by molar-refractivity contribution is 0.0781. The van der Waals surface area contributed by atoms with E-state index < -0.39 is 0 Å². The Kier molecular flexibility index (Phi) is 4.18. The molecule has 0 saturated carbocycles. The van der Waals surface area contributed by atoms with Crippen LogP contribution in [0.4, 0.5) is 5.69 Å². The molecule has 0 aliphatic carbocycles. The summed E-state index contributed by atoms with van der Waals surface area (Å²) in [4.78, 5) is 18.4. The van der Waals surface area contributed by atoms with Crippen LogP contribution in [0.5, 0.6) is 0 Å². The molecule has 0 bridgehead atoms. The summed E-state index contributed by atoms with van der Waals surface area (Å²) in [5.41, 5.74) is 1.51. The van der Waals surface area contributed by atoms with Crippen LogP contribution >= 0.6 is 0 Å². The van der Waals surface area contributed by atoms with Crippen LogP contribution in [0, 0.1) is 5.92 Å². The molecule has 1 atom stereocenters. The van der Waals surface area contributed by atoms with Gasteiger partial charge in [0.2, 0.25) is 0 Å². The maximum absolute atomic E-state index is 12.2. The van der Waals surface area contributed by atoms with Crippen LogP contribution in [0.2, 0.25) is 0 Å². The van der Waals surface area contributed by atoms with Crippen molar-refractivity contribution in [2.45, 2.75) is 26.7 Å². The molecule has 1 aromatic heterocycles. The second-order valence-electron chi connectivity index (χ2n) is 4.78. The summed E-state index contributed by atoms with van der Waals surface area (Å²) in [7, 11) is 0. The maximum atomic E-state index is 12.2. The lowest BCUT2D eigenvalue weighted by Crippen LogP contribution is -2.29. The molecule has 2 heterocycles. The fraction of sp³-hybridized carbons (Fsp3) is 0.571. The SMILES string of the molecule is CCNc1ccc(C(=O)N2CCC(CC)C2)nc1. The fourth-order valence-electron chi connectivity index (χ4n) is 2.34. The molecular weight excluding hydrogens is 226 g/mol. The zero-order valence-electron chi connectivity index (χ0n) is 11.1. The Labute approximate surface area is 108 Å². The number of nitrogens with one attached hydrogen (secondary N) is 1. The molecule has 1 amide bonds. The normalized spacial score (nSPS) is 19.0. The van der Waals surface area contributed by atoms with Crippen molar-refractivity contribution in [3.8, 4) is 0 Å². The van der Waals surface area contributed by atoms with Gasteiger partial charge in [0, 0.05) is 19.6 Å². The number of amides is 1. The Balaban J connectivity index is 2.00. The van der Waals surface area contributed by atoms with Gasteiger partial charge in [-0.05, 0) is 31.4 Å². The lowest BCUT2D eigenvalue weighted by atomic mass is 10.1. The van der Waals surface area contributed by atoms with Gasteiger partial charge < -0.3 is 10.2 Å². The van der Waals surface area contributed by atoms with E-state index in [1.54, 1.807) is 12.3 Å². The molecule has 98 valence electrons. The van der Waals surface area contributed by atoms with Crippen LogP contribution in [0.1, 0.15) is 37.2 Å². The summed E-state index contributed by atoms with van der Waals surface area (Å²) in [5, 5.41) is 3.17. The van der Waals surface area contributed by atoms with Gasteiger partial charge >= 0.3 is 0 Å². The first kappa shape index (κ1) is 12.9. The number of carbonyl (C=O) groups excluding carboxylic acids is 1. The van der Waals surface area contributed by atoms with Crippen LogP contribution in [-0.2, 0) is 0 Å². The van der Waals surface area contributed by atoms with Crippen molar-refractivity contribution in [1.82, 2.24) is 9.88 Å². The summed E-state index contributed by atoms with van der Waals surface area (Å²) in [6, 6.07) is 3.72. The third-order valence-electron chi connectivity index (χ3n) is 3.51. The van der Waals surface area contributed by atoms with Crippen molar-refractivity contribution in [3.63, 3.8) is 0 Å². The number of nitrogens with zero attached hydrogens (tertiary/aromatic N) is 2. The van der Waals surface area contributed by atoms with Crippen LogP contribution in [0.25, 0.3) is 0 Å². The minimum absolute atomic E-state index is 0.0639. The van der Waals surface area contributed by atoms with Crippen molar-refractivity contribution in [2.24, 2.45) is 5.92 Å². The molecule has 1 aromatic rings. The number of rotatable bonds is 4. The van der Waals surface area contributed by atoms with E-state index in [9.17, 15) is 4.79 Å². The first-order valence-corrected chi connectivity index (χ1v) is 6.73. The largest absolute Gasteiger partial charge is 0.384 e. The maximum Gasteiger partial charge on any atom is 0.272 e. The van der Waals surface area contributed by atoms with Gasteiger partial charge in [-0.25, -0.2) is 4.98 Å². The topological polar surface area (TPSA) is 45.2 Å². The molecule has 0 spiro atoms. The molecule has 1 aliphatic heterocycles. The van der Waals surface area contributed by atoms with E-state index in [1.807, 2.05) is 17.9 Å². The lowest BCUT2D eigenvalue weighted by Gasteiger charge is -2.15. The van der Waals surface area contributed by atoms with Crippen LogP contribution in [0.3, 0.4) is 0 Å². The molecule has 4 heteroatoms. The fourth-order valence-corrected chi connectivity index (χ4v) is 2.34. The number of carbonyl (C=O) groups is 1. The molecule has 18 heavy (non-hydrogen) atoms. The minimum Gasteiger partial charge on any atom is -0.384 e. The highest BCUT2D eigenvalue weighted by Gasteiger charge is 2.26.